The SMILES string of the molecule is Cc1[nH]c(=O)n(C)c(=O)c1-c1ccc(C[C@H](NC(=O)c2c(F)cc(N[C@H](C)C(F)(F)F)cc2F)C(=O)O)c2cccnc12. The van der Waals surface area contributed by atoms with Crippen LogP contribution in [0.25, 0.3) is 22.0 Å². The summed E-state index contributed by atoms with van der Waals surface area (Å²) in [5, 5.41) is 14.2. The van der Waals surface area contributed by atoms with Gasteiger partial charge >= 0.3 is 17.8 Å². The molecule has 2 atom stereocenters. The molecular formula is C28H24F5N5O5. The van der Waals surface area contributed by atoms with Crippen molar-refractivity contribution in [3.05, 3.63) is 91.9 Å². The zero-order valence-corrected chi connectivity index (χ0v) is 22.8. The number of nitrogens with zero attached hydrogens (tertiary/aromatic N) is 2. The largest absolute Gasteiger partial charge is 0.480 e. The van der Waals surface area contributed by atoms with Gasteiger partial charge in [0.25, 0.3) is 11.5 Å². The number of carbonyl (C=O) groups excluding carboxylic acids is 1. The molecule has 226 valence electrons. The first kappa shape index (κ1) is 30.9. The monoisotopic (exact) mass is 605 g/mol. The average Bonchev–Trinajstić information content (AvgIpc) is 2.91. The summed E-state index contributed by atoms with van der Waals surface area (Å²) in [7, 11) is 1.30. The standard InChI is InChI=1S/C28H24F5N5O5/c1-12-21(25(40)38(3)27(43)35-12)17-7-6-14(16-5-4-8-34-23(16)17)9-20(26(41)42)37-24(39)22-18(29)10-15(11-19(22)30)36-13(2)28(31,32)33/h4-8,10-11,13,20,36H,9H2,1-3H3,(H,35,43)(H,37,39)(H,41,42)/t13-,20+/m1/s1. The van der Waals surface area contributed by atoms with Gasteiger partial charge in [-0.2, -0.15) is 13.2 Å². The van der Waals surface area contributed by atoms with Gasteiger partial charge in [0.1, 0.15) is 29.3 Å². The van der Waals surface area contributed by atoms with Crippen LogP contribution in [0.1, 0.15) is 28.5 Å². The summed E-state index contributed by atoms with van der Waals surface area (Å²) in [6.45, 7) is 2.27. The van der Waals surface area contributed by atoms with Gasteiger partial charge in [0.05, 0.1) is 11.1 Å². The van der Waals surface area contributed by atoms with Gasteiger partial charge < -0.3 is 20.7 Å². The molecule has 10 nitrogen and oxygen atoms in total. The van der Waals surface area contributed by atoms with Gasteiger partial charge in [-0.25, -0.2) is 18.4 Å². The van der Waals surface area contributed by atoms with E-state index < -0.39 is 64.3 Å². The van der Waals surface area contributed by atoms with E-state index in [4.69, 9.17) is 0 Å². The molecule has 43 heavy (non-hydrogen) atoms. The van der Waals surface area contributed by atoms with Crippen molar-refractivity contribution in [3.8, 4) is 11.1 Å². The molecule has 0 saturated carbocycles. The Kier molecular flexibility index (Phi) is 8.37. The van der Waals surface area contributed by atoms with E-state index in [2.05, 4.69) is 15.3 Å². The van der Waals surface area contributed by atoms with Gasteiger partial charge in [0.2, 0.25) is 0 Å². The Morgan fingerprint density at radius 2 is 1.77 bits per heavy atom. The van der Waals surface area contributed by atoms with Crippen molar-refractivity contribution in [1.82, 2.24) is 19.9 Å². The van der Waals surface area contributed by atoms with Gasteiger partial charge in [-0.15, -0.1) is 0 Å². The molecule has 2 heterocycles. The second-order valence-electron chi connectivity index (χ2n) is 9.76. The van der Waals surface area contributed by atoms with Gasteiger partial charge in [-0.1, -0.05) is 18.2 Å². The number of hydrogen-bond acceptors (Lipinski definition) is 6. The van der Waals surface area contributed by atoms with E-state index in [9.17, 15) is 46.2 Å². The predicted molar refractivity (Wildman–Crippen MR) is 146 cm³/mol. The number of aliphatic carboxylic acids is 1. The van der Waals surface area contributed by atoms with E-state index in [1.165, 1.54) is 32.3 Å². The number of nitrogens with one attached hydrogen (secondary N) is 3. The lowest BCUT2D eigenvalue weighted by molar-refractivity contribution is -0.139. The Morgan fingerprint density at radius 1 is 1.12 bits per heavy atom. The van der Waals surface area contributed by atoms with Gasteiger partial charge in [0.15, 0.2) is 0 Å². The number of H-pyrrole nitrogens is 1. The number of benzene rings is 2. The fourth-order valence-electron chi connectivity index (χ4n) is 4.51. The molecule has 0 fully saturated rings. The van der Waals surface area contributed by atoms with Crippen molar-refractivity contribution >= 4 is 28.5 Å². The van der Waals surface area contributed by atoms with Crippen molar-refractivity contribution in [2.24, 2.45) is 7.05 Å². The molecular weight excluding hydrogens is 581 g/mol. The van der Waals surface area contributed by atoms with E-state index in [1.807, 2.05) is 5.32 Å². The first-order valence-corrected chi connectivity index (χ1v) is 12.6. The fraction of sp³-hybridized carbons (Fsp3) is 0.250. The van der Waals surface area contributed by atoms with Gasteiger partial charge in [0, 0.05) is 42.0 Å². The highest BCUT2D eigenvalue weighted by atomic mass is 19.4. The number of carboxylic acid groups (broad SMARTS) is 1. The Labute approximate surface area is 239 Å². The number of pyridine rings is 1. The molecule has 0 aliphatic heterocycles. The number of halogens is 5. The number of rotatable bonds is 8. The number of amides is 1. The molecule has 2 aromatic heterocycles. The highest BCUT2D eigenvalue weighted by molar-refractivity contribution is 5.98. The molecule has 0 unspecified atom stereocenters. The van der Waals surface area contributed by atoms with Gasteiger partial charge in [-0.3, -0.25) is 19.1 Å². The number of hydrogen-bond donors (Lipinski definition) is 4. The third-order valence-electron chi connectivity index (χ3n) is 6.79. The van der Waals surface area contributed by atoms with Crippen molar-refractivity contribution in [2.45, 2.75) is 38.5 Å². The summed E-state index contributed by atoms with van der Waals surface area (Å²) in [4.78, 5) is 56.7. The average molecular weight is 606 g/mol. The van der Waals surface area contributed by atoms with E-state index in [0.717, 1.165) is 11.5 Å². The van der Waals surface area contributed by atoms with Crippen LogP contribution in [0.5, 0.6) is 0 Å². The molecule has 4 rings (SSSR count). The highest BCUT2D eigenvalue weighted by Gasteiger charge is 2.36. The quantitative estimate of drug-likeness (QED) is 0.224. The third-order valence-corrected chi connectivity index (χ3v) is 6.79. The molecule has 15 heteroatoms. The van der Waals surface area contributed by atoms with Crippen LogP contribution < -0.4 is 21.9 Å². The molecule has 0 spiro atoms. The van der Waals surface area contributed by atoms with E-state index in [-0.39, 0.29) is 23.2 Å². The maximum atomic E-state index is 14.7. The Balaban J connectivity index is 1.66. The van der Waals surface area contributed by atoms with Crippen LogP contribution in [-0.2, 0) is 18.3 Å². The molecule has 0 saturated heterocycles. The number of alkyl halides is 3. The first-order valence-electron chi connectivity index (χ1n) is 12.6. The van der Waals surface area contributed by atoms with Crippen LogP contribution in [0, 0.1) is 18.6 Å². The lowest BCUT2D eigenvalue weighted by Gasteiger charge is -2.20. The number of aryl methyl sites for hydroxylation is 1. The lowest BCUT2D eigenvalue weighted by Crippen LogP contribution is -2.43. The molecule has 1 amide bonds. The van der Waals surface area contributed by atoms with Crippen molar-refractivity contribution < 1.29 is 36.6 Å². The summed E-state index contributed by atoms with van der Waals surface area (Å²) < 4.78 is 68.7. The topological polar surface area (TPSA) is 146 Å². The number of carboxylic acids is 1. The minimum absolute atomic E-state index is 0.161. The maximum Gasteiger partial charge on any atom is 0.408 e. The highest BCUT2D eigenvalue weighted by Crippen LogP contribution is 2.30. The smallest absolute Gasteiger partial charge is 0.408 e. The first-order chi connectivity index (χ1) is 20.1. The van der Waals surface area contributed by atoms with E-state index >= 15 is 0 Å². The van der Waals surface area contributed by atoms with Crippen molar-refractivity contribution in [1.29, 1.82) is 0 Å². The summed E-state index contributed by atoms with van der Waals surface area (Å²) in [5.74, 6) is -5.99. The Hall–Kier alpha value is -5.08. The minimum atomic E-state index is -4.70. The molecule has 0 aliphatic carbocycles. The summed E-state index contributed by atoms with van der Waals surface area (Å²) in [5.41, 5.74) is -1.53. The number of carbonyl (C=O) groups is 2. The molecule has 4 N–H and O–H groups in total. The van der Waals surface area contributed by atoms with Crippen LogP contribution in [0.15, 0.2) is 52.2 Å². The van der Waals surface area contributed by atoms with Crippen molar-refractivity contribution in [3.63, 3.8) is 0 Å². The second kappa shape index (κ2) is 11.7. The van der Waals surface area contributed by atoms with Crippen LogP contribution in [0.3, 0.4) is 0 Å². The number of aromatic nitrogens is 3. The molecule has 0 radical (unpaired) electrons. The molecule has 0 bridgehead atoms. The van der Waals surface area contributed by atoms with Crippen LogP contribution >= 0.6 is 0 Å². The number of anilines is 1. The van der Waals surface area contributed by atoms with Gasteiger partial charge in [-0.05, 0) is 37.6 Å². The Bertz CT molecular complexity index is 1840. The summed E-state index contributed by atoms with van der Waals surface area (Å²) >= 11 is 0. The Morgan fingerprint density at radius 3 is 2.37 bits per heavy atom. The normalized spacial score (nSPS) is 13.0. The van der Waals surface area contributed by atoms with E-state index in [0.29, 0.717) is 28.6 Å². The number of fused-ring (bicyclic) bond motifs is 1. The minimum Gasteiger partial charge on any atom is -0.480 e. The summed E-state index contributed by atoms with van der Waals surface area (Å²) in [6.07, 6.45) is -3.64. The third kappa shape index (κ3) is 6.24. The molecule has 2 aromatic carbocycles. The van der Waals surface area contributed by atoms with Crippen LogP contribution in [-0.4, -0.2) is 49.8 Å². The molecule has 0 aliphatic rings. The van der Waals surface area contributed by atoms with Crippen LogP contribution in [0.2, 0.25) is 0 Å². The van der Waals surface area contributed by atoms with E-state index in [1.54, 1.807) is 12.1 Å². The maximum absolute atomic E-state index is 14.7. The molecule has 4 aromatic rings. The lowest BCUT2D eigenvalue weighted by atomic mass is 9.95. The van der Waals surface area contributed by atoms with Crippen LogP contribution in [0.4, 0.5) is 27.6 Å². The zero-order valence-electron chi connectivity index (χ0n) is 22.8. The number of aromatic amines is 1. The fourth-order valence-corrected chi connectivity index (χ4v) is 4.51. The van der Waals surface area contributed by atoms with Crippen molar-refractivity contribution in [2.75, 3.05) is 5.32 Å². The second-order valence-corrected chi connectivity index (χ2v) is 9.76. The zero-order chi connectivity index (χ0) is 31.8. The summed E-state index contributed by atoms with van der Waals surface area (Å²) in [6, 6.07) is 3.30. The predicted octanol–water partition coefficient (Wildman–Crippen LogP) is 3.66.